The lowest BCUT2D eigenvalue weighted by molar-refractivity contribution is -0.142. The summed E-state index contributed by atoms with van der Waals surface area (Å²) in [6.07, 6.45) is 0.512. The Hall–Kier alpha value is -5.14. The van der Waals surface area contributed by atoms with E-state index in [0.29, 0.717) is 17.5 Å². The summed E-state index contributed by atoms with van der Waals surface area (Å²) in [6.45, 7) is 3.94. The van der Waals surface area contributed by atoms with Crippen molar-refractivity contribution in [1.29, 1.82) is 0 Å². The van der Waals surface area contributed by atoms with Gasteiger partial charge in [-0.15, -0.1) is 0 Å². The molecule has 5 atom stereocenters. The molecule has 5 unspecified atom stereocenters. The van der Waals surface area contributed by atoms with Crippen LogP contribution < -0.4 is 32.3 Å². The Labute approximate surface area is 261 Å². The largest absolute Gasteiger partial charge is 0.480 e. The van der Waals surface area contributed by atoms with Crippen LogP contribution in [0.5, 0.6) is 0 Å². The van der Waals surface area contributed by atoms with Crippen molar-refractivity contribution >= 4 is 35.7 Å². The van der Waals surface area contributed by atoms with Crippen LogP contribution in [0, 0.1) is 5.92 Å². The monoisotopic (exact) mass is 623 g/mol. The van der Waals surface area contributed by atoms with Gasteiger partial charge in [0, 0.05) is 19.4 Å². The molecule has 3 rings (SSSR count). The van der Waals surface area contributed by atoms with Crippen molar-refractivity contribution in [3.63, 3.8) is 0 Å². The van der Waals surface area contributed by atoms with Gasteiger partial charge in [-0.2, -0.15) is 0 Å². The van der Waals surface area contributed by atoms with Gasteiger partial charge in [0.25, 0.3) is 0 Å². The molecule has 0 saturated carbocycles. The number of aliphatic carboxylic acids is 2. The molecular formula is C31H41N7O7. The minimum atomic E-state index is -1.30. The Bertz CT molecular complexity index is 1350. The summed E-state index contributed by atoms with van der Waals surface area (Å²) in [5, 5.41) is 32.5. The molecule has 14 nitrogen and oxygen atoms in total. The molecule has 0 radical (unpaired) electrons. The van der Waals surface area contributed by atoms with Gasteiger partial charge in [0.1, 0.15) is 24.2 Å². The van der Waals surface area contributed by atoms with Gasteiger partial charge in [0.05, 0.1) is 6.04 Å². The zero-order valence-corrected chi connectivity index (χ0v) is 25.2. The maximum Gasteiger partial charge on any atom is 0.326 e. The van der Waals surface area contributed by atoms with Gasteiger partial charge in [0.15, 0.2) is 5.96 Å². The number of carboxylic acids is 2. The van der Waals surface area contributed by atoms with Crippen molar-refractivity contribution in [2.24, 2.45) is 16.6 Å². The average Bonchev–Trinajstić information content (AvgIpc) is 2.99. The van der Waals surface area contributed by atoms with E-state index >= 15 is 0 Å². The lowest BCUT2D eigenvalue weighted by Gasteiger charge is -2.32. The second kappa shape index (κ2) is 16.6. The number of benzene rings is 2. The molecule has 1 aliphatic heterocycles. The van der Waals surface area contributed by atoms with Gasteiger partial charge in [-0.3, -0.25) is 14.6 Å². The van der Waals surface area contributed by atoms with Crippen molar-refractivity contribution in [2.75, 3.05) is 6.54 Å². The van der Waals surface area contributed by atoms with Crippen molar-refractivity contribution in [2.45, 2.75) is 69.7 Å². The molecule has 2 aromatic carbocycles. The van der Waals surface area contributed by atoms with Gasteiger partial charge in [-0.25, -0.2) is 14.4 Å². The molecule has 0 saturated heterocycles. The van der Waals surface area contributed by atoms with Crippen molar-refractivity contribution in [1.82, 2.24) is 26.6 Å². The highest BCUT2D eigenvalue weighted by atomic mass is 16.4. The number of carboxylic acid groups (broad SMARTS) is 2. The number of amides is 4. The van der Waals surface area contributed by atoms with E-state index in [4.69, 9.17) is 5.73 Å². The van der Waals surface area contributed by atoms with Crippen LogP contribution in [0.4, 0.5) is 4.79 Å². The smallest absolute Gasteiger partial charge is 0.326 e. The van der Waals surface area contributed by atoms with Gasteiger partial charge in [-0.05, 0) is 29.9 Å². The lowest BCUT2D eigenvalue weighted by Crippen LogP contribution is -2.65. The highest BCUT2D eigenvalue weighted by Gasteiger charge is 2.36. The standard InChI is InChI=1S/C31H41N7O7/c1-18(2)15-22(26(39)35-23(28(41)42)16-19-9-5-3-6-10-19)34-27(40)25(21-13-14-33-30(32)36-21)38-31(45)37-24(29(43)44)17-20-11-7-4-8-12-20/h3-12,18,21-25H,13-17H2,1-2H3,(H,34,40)(H,35,39)(H,41,42)(H,43,44)(H3,32,33,36)(H2,37,38,45). The zero-order chi connectivity index (χ0) is 32.9. The van der Waals surface area contributed by atoms with E-state index in [1.807, 2.05) is 13.8 Å². The third-order valence-corrected chi connectivity index (χ3v) is 7.15. The van der Waals surface area contributed by atoms with E-state index in [1.54, 1.807) is 60.7 Å². The fourth-order valence-electron chi connectivity index (χ4n) is 4.91. The summed E-state index contributed by atoms with van der Waals surface area (Å²) in [7, 11) is 0. The van der Waals surface area contributed by atoms with Gasteiger partial charge in [-0.1, -0.05) is 74.5 Å². The maximum atomic E-state index is 13.7. The van der Waals surface area contributed by atoms with Crippen LogP contribution >= 0.6 is 0 Å². The number of hydrogen-bond acceptors (Lipinski definition) is 8. The molecule has 1 heterocycles. The predicted octanol–water partition coefficient (Wildman–Crippen LogP) is 0.370. The number of nitrogens with one attached hydrogen (secondary N) is 5. The van der Waals surface area contributed by atoms with Crippen LogP contribution in [0.25, 0.3) is 0 Å². The van der Waals surface area contributed by atoms with Gasteiger partial charge in [0.2, 0.25) is 11.8 Å². The molecule has 45 heavy (non-hydrogen) atoms. The molecular weight excluding hydrogens is 582 g/mol. The lowest BCUT2D eigenvalue weighted by atomic mass is 9.99. The number of carbonyl (C=O) groups is 5. The van der Waals surface area contributed by atoms with Crippen molar-refractivity contribution in [3.8, 4) is 0 Å². The summed E-state index contributed by atoms with van der Waals surface area (Å²) in [6, 6.07) is 10.9. The Morgan fingerprint density at radius 2 is 1.31 bits per heavy atom. The van der Waals surface area contributed by atoms with Crippen LogP contribution in [0.15, 0.2) is 65.7 Å². The fourth-order valence-corrected chi connectivity index (χ4v) is 4.91. The van der Waals surface area contributed by atoms with Crippen molar-refractivity contribution < 1.29 is 34.2 Å². The molecule has 0 aliphatic carbocycles. The third-order valence-electron chi connectivity index (χ3n) is 7.15. The number of guanidine groups is 1. The summed E-state index contributed by atoms with van der Waals surface area (Å²) in [5.74, 6) is -3.96. The Balaban J connectivity index is 1.77. The van der Waals surface area contributed by atoms with Crippen LogP contribution in [0.1, 0.15) is 37.8 Å². The van der Waals surface area contributed by atoms with E-state index in [2.05, 4.69) is 31.6 Å². The minimum Gasteiger partial charge on any atom is -0.480 e. The molecule has 0 fully saturated rings. The number of hydrogen-bond donors (Lipinski definition) is 8. The third kappa shape index (κ3) is 11.1. The fraction of sp³-hybridized carbons (Fsp3) is 0.419. The highest BCUT2D eigenvalue weighted by Crippen LogP contribution is 2.11. The molecule has 14 heteroatoms. The van der Waals surface area contributed by atoms with Crippen LogP contribution in [0.3, 0.4) is 0 Å². The van der Waals surface area contributed by atoms with E-state index in [9.17, 15) is 34.2 Å². The highest BCUT2D eigenvalue weighted by molar-refractivity contribution is 5.94. The predicted molar refractivity (Wildman–Crippen MR) is 166 cm³/mol. The number of urea groups is 1. The molecule has 2 aromatic rings. The molecule has 0 bridgehead atoms. The van der Waals surface area contributed by atoms with E-state index in [0.717, 1.165) is 0 Å². The van der Waals surface area contributed by atoms with Crippen LogP contribution in [-0.4, -0.2) is 82.7 Å². The summed E-state index contributed by atoms with van der Waals surface area (Å²) < 4.78 is 0. The van der Waals surface area contributed by atoms with Gasteiger partial charge >= 0.3 is 18.0 Å². The Morgan fingerprint density at radius 1 is 0.800 bits per heavy atom. The molecule has 242 valence electrons. The van der Waals surface area contributed by atoms with Crippen LogP contribution in [-0.2, 0) is 32.0 Å². The zero-order valence-electron chi connectivity index (χ0n) is 25.2. The summed E-state index contributed by atoms with van der Waals surface area (Å²) in [4.78, 5) is 68.1. The number of aliphatic imine (C=N–C) groups is 1. The SMILES string of the molecule is CC(C)CC(NC(=O)C(NC(=O)NC(Cc1ccccc1)C(=O)O)C1CCN=C(N)N1)C(=O)NC(Cc1ccccc1)C(=O)O. The first kappa shape index (κ1) is 34.4. The Kier molecular flexibility index (Phi) is 12.7. The average molecular weight is 624 g/mol. The molecule has 0 spiro atoms. The maximum absolute atomic E-state index is 13.7. The number of rotatable bonds is 15. The number of nitrogens with two attached hydrogens (primary N) is 1. The first-order valence-corrected chi connectivity index (χ1v) is 14.7. The van der Waals surface area contributed by atoms with E-state index in [1.165, 1.54) is 0 Å². The quantitative estimate of drug-likeness (QED) is 0.137. The topological polar surface area (TPSA) is 224 Å². The summed E-state index contributed by atoms with van der Waals surface area (Å²) in [5.41, 5.74) is 7.24. The second-order valence-electron chi connectivity index (χ2n) is 11.3. The number of nitrogens with zero attached hydrogens (tertiary/aromatic N) is 1. The first-order chi connectivity index (χ1) is 21.4. The normalized spacial score (nSPS) is 17.0. The van der Waals surface area contributed by atoms with Crippen molar-refractivity contribution in [3.05, 3.63) is 71.8 Å². The minimum absolute atomic E-state index is 0.00605. The van der Waals surface area contributed by atoms with Crippen LogP contribution in [0.2, 0.25) is 0 Å². The number of carbonyl (C=O) groups excluding carboxylic acids is 3. The Morgan fingerprint density at radius 3 is 1.80 bits per heavy atom. The second-order valence-corrected chi connectivity index (χ2v) is 11.3. The summed E-state index contributed by atoms with van der Waals surface area (Å²) >= 11 is 0. The molecule has 4 amide bonds. The van der Waals surface area contributed by atoms with E-state index in [-0.39, 0.29) is 37.7 Å². The molecule has 0 aromatic heterocycles. The van der Waals surface area contributed by atoms with Gasteiger partial charge < -0.3 is 42.5 Å². The molecule has 1 aliphatic rings. The molecule has 9 N–H and O–H groups in total. The van der Waals surface area contributed by atoms with E-state index < -0.39 is 60.0 Å². The first-order valence-electron chi connectivity index (χ1n) is 14.7.